The molecule has 1 aromatic carbocycles. The van der Waals surface area contributed by atoms with Crippen molar-refractivity contribution in [1.82, 2.24) is 0 Å². The molecular formula is C19H20FNO4S. The molecule has 0 bridgehead atoms. The second kappa shape index (κ2) is 7.86. The minimum atomic E-state index is -0.507. The van der Waals surface area contributed by atoms with Crippen LogP contribution in [0, 0.1) is 5.82 Å². The van der Waals surface area contributed by atoms with Gasteiger partial charge in [0.05, 0.1) is 12.7 Å². The van der Waals surface area contributed by atoms with E-state index in [4.69, 9.17) is 9.47 Å². The van der Waals surface area contributed by atoms with Crippen LogP contribution in [-0.4, -0.2) is 19.0 Å². The predicted octanol–water partition coefficient (Wildman–Crippen LogP) is 4.09. The van der Waals surface area contributed by atoms with Gasteiger partial charge in [-0.3, -0.25) is 4.79 Å². The van der Waals surface area contributed by atoms with Crippen molar-refractivity contribution in [1.29, 1.82) is 0 Å². The van der Waals surface area contributed by atoms with Crippen LogP contribution >= 0.6 is 11.3 Å². The highest BCUT2D eigenvalue weighted by Crippen LogP contribution is 2.38. The van der Waals surface area contributed by atoms with E-state index in [0.29, 0.717) is 16.1 Å². The number of aryl methyl sites for hydroxylation is 1. The molecule has 26 heavy (non-hydrogen) atoms. The second-order valence-electron chi connectivity index (χ2n) is 6.14. The maximum atomic E-state index is 13.8. The smallest absolute Gasteiger partial charge is 0.341 e. The minimum absolute atomic E-state index is 0.0517. The molecule has 0 fully saturated rings. The molecule has 1 amide bonds. The first-order valence-corrected chi connectivity index (χ1v) is 9.23. The van der Waals surface area contributed by atoms with Crippen LogP contribution in [0.4, 0.5) is 9.39 Å². The molecule has 1 aliphatic carbocycles. The Bertz CT molecular complexity index is 846. The summed E-state index contributed by atoms with van der Waals surface area (Å²) in [6.07, 6.45) is 3.79. The first kappa shape index (κ1) is 18.4. The maximum Gasteiger partial charge on any atom is 0.341 e. The minimum Gasteiger partial charge on any atom is -0.494 e. The summed E-state index contributed by atoms with van der Waals surface area (Å²) in [6.45, 7) is 1.36. The van der Waals surface area contributed by atoms with Crippen LogP contribution in [0.3, 0.4) is 0 Å². The Labute approximate surface area is 155 Å². The number of hydrogen-bond donors (Lipinski definition) is 1. The topological polar surface area (TPSA) is 64.6 Å². The van der Waals surface area contributed by atoms with Gasteiger partial charge in [0.25, 0.3) is 0 Å². The summed E-state index contributed by atoms with van der Waals surface area (Å²) < 4.78 is 24.0. The van der Waals surface area contributed by atoms with Gasteiger partial charge in [0.15, 0.2) is 11.6 Å². The molecule has 0 atom stereocenters. The zero-order valence-electron chi connectivity index (χ0n) is 14.7. The summed E-state index contributed by atoms with van der Waals surface area (Å²) in [4.78, 5) is 25.3. The molecule has 1 heterocycles. The van der Waals surface area contributed by atoms with Crippen LogP contribution in [-0.2, 0) is 29.0 Å². The van der Waals surface area contributed by atoms with Gasteiger partial charge < -0.3 is 14.8 Å². The van der Waals surface area contributed by atoms with Crippen LogP contribution in [0.1, 0.15) is 46.1 Å². The lowest BCUT2D eigenvalue weighted by atomic mass is 9.95. The largest absolute Gasteiger partial charge is 0.494 e. The second-order valence-corrected chi connectivity index (χ2v) is 7.25. The number of hydrogen-bond acceptors (Lipinski definition) is 5. The van der Waals surface area contributed by atoms with Gasteiger partial charge in [0.1, 0.15) is 11.6 Å². The number of ether oxygens (including phenoxy) is 2. The maximum absolute atomic E-state index is 13.8. The van der Waals surface area contributed by atoms with E-state index in [2.05, 4.69) is 5.32 Å². The number of fused-ring (bicyclic) bond motifs is 1. The summed E-state index contributed by atoms with van der Waals surface area (Å²) in [5.41, 5.74) is 1.94. The van der Waals surface area contributed by atoms with Crippen molar-refractivity contribution in [3.63, 3.8) is 0 Å². The Balaban J connectivity index is 1.79. The third-order valence-electron chi connectivity index (χ3n) is 4.25. The van der Waals surface area contributed by atoms with Crippen molar-refractivity contribution < 1.29 is 23.5 Å². The van der Waals surface area contributed by atoms with Crippen LogP contribution in [0.5, 0.6) is 5.75 Å². The summed E-state index contributed by atoms with van der Waals surface area (Å²) in [5.74, 6) is -1.09. The number of carbonyl (C=O) groups is 2. The Morgan fingerprint density at radius 1 is 1.27 bits per heavy atom. The number of halogens is 1. The lowest BCUT2D eigenvalue weighted by Crippen LogP contribution is -2.13. The standard InChI is InChI=1S/C19H20FNO4S/c1-11(22)21-18-17(13-5-3-4-6-16(13)26-18)19(23)25-10-12-7-8-15(24-2)14(20)9-12/h7-9H,3-6,10H2,1-2H3,(H,21,22). The van der Waals surface area contributed by atoms with Crippen molar-refractivity contribution in [3.05, 3.63) is 45.6 Å². The molecule has 0 spiro atoms. The average Bonchev–Trinajstić information content (AvgIpc) is 2.96. The molecular weight excluding hydrogens is 357 g/mol. The molecule has 0 unspecified atom stereocenters. The normalized spacial score (nSPS) is 13.0. The number of nitrogens with one attached hydrogen (secondary N) is 1. The Kier molecular flexibility index (Phi) is 5.56. The number of methoxy groups -OCH3 is 1. The SMILES string of the molecule is COc1ccc(COC(=O)c2c(NC(C)=O)sc3c2CCCC3)cc1F. The van der Waals surface area contributed by atoms with Crippen LogP contribution in [0.25, 0.3) is 0 Å². The molecule has 0 saturated carbocycles. The highest BCUT2D eigenvalue weighted by atomic mass is 32.1. The monoisotopic (exact) mass is 377 g/mol. The van der Waals surface area contributed by atoms with Gasteiger partial charge in [-0.25, -0.2) is 9.18 Å². The quantitative estimate of drug-likeness (QED) is 0.797. The number of carbonyl (C=O) groups excluding carboxylic acids is 2. The summed E-state index contributed by atoms with van der Waals surface area (Å²) in [6, 6.07) is 4.42. The highest BCUT2D eigenvalue weighted by Gasteiger charge is 2.27. The first-order chi connectivity index (χ1) is 12.5. The Morgan fingerprint density at radius 3 is 2.73 bits per heavy atom. The van der Waals surface area contributed by atoms with Gasteiger partial charge in [0.2, 0.25) is 5.91 Å². The van der Waals surface area contributed by atoms with Crippen LogP contribution < -0.4 is 10.1 Å². The molecule has 0 aliphatic heterocycles. The molecule has 138 valence electrons. The highest BCUT2D eigenvalue weighted by molar-refractivity contribution is 7.17. The van der Waals surface area contributed by atoms with Crippen LogP contribution in [0.2, 0.25) is 0 Å². The first-order valence-electron chi connectivity index (χ1n) is 8.41. The molecule has 5 nitrogen and oxygen atoms in total. The molecule has 3 rings (SSSR count). The molecule has 2 aromatic rings. The van der Waals surface area contributed by atoms with Crippen molar-refractivity contribution in [3.8, 4) is 5.75 Å². The van der Waals surface area contributed by atoms with Gasteiger partial charge in [0, 0.05) is 11.8 Å². The zero-order chi connectivity index (χ0) is 18.7. The fraction of sp³-hybridized carbons (Fsp3) is 0.368. The third-order valence-corrected chi connectivity index (χ3v) is 5.46. The number of esters is 1. The number of thiophene rings is 1. The lowest BCUT2D eigenvalue weighted by molar-refractivity contribution is -0.114. The van der Waals surface area contributed by atoms with Gasteiger partial charge in [-0.1, -0.05) is 6.07 Å². The van der Waals surface area contributed by atoms with E-state index in [1.807, 2.05) is 0 Å². The van der Waals surface area contributed by atoms with Crippen molar-refractivity contribution >= 4 is 28.2 Å². The van der Waals surface area contributed by atoms with E-state index in [1.54, 1.807) is 6.07 Å². The number of amides is 1. The fourth-order valence-electron chi connectivity index (χ4n) is 3.05. The predicted molar refractivity (Wildman–Crippen MR) is 97.3 cm³/mol. The molecule has 1 N–H and O–H groups in total. The molecule has 1 aliphatic rings. The van der Waals surface area contributed by atoms with E-state index in [0.717, 1.165) is 36.1 Å². The summed E-state index contributed by atoms with van der Waals surface area (Å²) in [7, 11) is 1.39. The number of benzene rings is 1. The number of rotatable bonds is 5. The molecule has 7 heteroatoms. The molecule has 0 radical (unpaired) electrons. The summed E-state index contributed by atoms with van der Waals surface area (Å²) >= 11 is 1.44. The van der Waals surface area contributed by atoms with E-state index < -0.39 is 11.8 Å². The van der Waals surface area contributed by atoms with Crippen molar-refractivity contribution in [2.24, 2.45) is 0 Å². The Morgan fingerprint density at radius 2 is 2.04 bits per heavy atom. The molecule has 0 saturated heterocycles. The van der Waals surface area contributed by atoms with E-state index >= 15 is 0 Å². The fourth-order valence-corrected chi connectivity index (χ4v) is 4.37. The summed E-state index contributed by atoms with van der Waals surface area (Å²) in [5, 5.41) is 3.27. The average molecular weight is 377 g/mol. The van der Waals surface area contributed by atoms with E-state index in [1.165, 1.54) is 37.5 Å². The molecule has 1 aromatic heterocycles. The van der Waals surface area contributed by atoms with Crippen molar-refractivity contribution in [2.75, 3.05) is 12.4 Å². The van der Waals surface area contributed by atoms with Crippen molar-refractivity contribution in [2.45, 2.75) is 39.2 Å². The Hall–Kier alpha value is -2.41. The lowest BCUT2D eigenvalue weighted by Gasteiger charge is -2.13. The van der Waals surface area contributed by atoms with Gasteiger partial charge in [-0.2, -0.15) is 0 Å². The zero-order valence-corrected chi connectivity index (χ0v) is 15.5. The van der Waals surface area contributed by atoms with E-state index in [-0.39, 0.29) is 18.3 Å². The van der Waals surface area contributed by atoms with Crippen LogP contribution in [0.15, 0.2) is 18.2 Å². The third kappa shape index (κ3) is 3.88. The number of anilines is 1. The van der Waals surface area contributed by atoms with Gasteiger partial charge in [-0.05, 0) is 48.9 Å². The van der Waals surface area contributed by atoms with Gasteiger partial charge >= 0.3 is 5.97 Å². The van der Waals surface area contributed by atoms with Gasteiger partial charge in [-0.15, -0.1) is 11.3 Å². The van der Waals surface area contributed by atoms with E-state index in [9.17, 15) is 14.0 Å².